The molecule has 1 aliphatic rings. The fourth-order valence-electron chi connectivity index (χ4n) is 3.15. The summed E-state index contributed by atoms with van der Waals surface area (Å²) in [5.41, 5.74) is 1.18. The maximum Gasteiger partial charge on any atom is 0.242 e. The van der Waals surface area contributed by atoms with Gasteiger partial charge in [0.15, 0.2) is 0 Å². The fourth-order valence-corrected chi connectivity index (χ4v) is 5.11. The van der Waals surface area contributed by atoms with Gasteiger partial charge in [0, 0.05) is 48.5 Å². The minimum Gasteiger partial charge on any atom is -0.369 e. The van der Waals surface area contributed by atoms with Crippen molar-refractivity contribution >= 4 is 50.5 Å². The molecule has 0 unspecified atom stereocenters. The molecule has 1 saturated heterocycles. The molecular formula is C19H22Cl3N3O2S. The molecule has 9 heteroatoms. The Bertz CT molecular complexity index is 899. The summed E-state index contributed by atoms with van der Waals surface area (Å²) in [4.78, 5) is 4.68. The van der Waals surface area contributed by atoms with Gasteiger partial charge in [-0.25, -0.2) is 13.1 Å². The van der Waals surface area contributed by atoms with Crippen molar-refractivity contribution in [1.82, 2.24) is 9.62 Å². The summed E-state index contributed by atoms with van der Waals surface area (Å²) < 4.78 is 27.4. The predicted molar refractivity (Wildman–Crippen MR) is 116 cm³/mol. The average molecular weight is 463 g/mol. The first-order valence-electron chi connectivity index (χ1n) is 9.03. The molecule has 0 bridgehead atoms. The molecule has 2 aromatic rings. The number of rotatable bonds is 7. The van der Waals surface area contributed by atoms with Crippen LogP contribution in [0.4, 0.5) is 5.69 Å². The van der Waals surface area contributed by atoms with Crippen molar-refractivity contribution in [2.75, 3.05) is 44.2 Å². The van der Waals surface area contributed by atoms with Crippen LogP contribution in [0.15, 0.2) is 47.4 Å². The second-order valence-electron chi connectivity index (χ2n) is 6.63. The first-order valence-corrected chi connectivity index (χ1v) is 11.6. The minimum absolute atomic E-state index is 0.0123. The van der Waals surface area contributed by atoms with Crippen LogP contribution in [-0.4, -0.2) is 52.6 Å². The lowest BCUT2D eigenvalue weighted by Crippen LogP contribution is -2.47. The van der Waals surface area contributed by atoms with Gasteiger partial charge in [0.25, 0.3) is 0 Å². The number of halogens is 3. The monoisotopic (exact) mass is 461 g/mol. The van der Waals surface area contributed by atoms with Crippen molar-refractivity contribution in [2.24, 2.45) is 0 Å². The number of anilines is 1. The summed E-state index contributed by atoms with van der Waals surface area (Å²) in [5.74, 6) is 0. The quantitative estimate of drug-likeness (QED) is 0.628. The van der Waals surface area contributed by atoms with Crippen LogP contribution in [0.3, 0.4) is 0 Å². The van der Waals surface area contributed by atoms with E-state index in [4.69, 9.17) is 34.8 Å². The van der Waals surface area contributed by atoms with E-state index in [1.807, 2.05) is 24.3 Å². The molecule has 0 atom stereocenters. The molecule has 0 spiro atoms. The van der Waals surface area contributed by atoms with Gasteiger partial charge in [-0.1, -0.05) is 34.8 Å². The van der Waals surface area contributed by atoms with Crippen molar-refractivity contribution in [3.63, 3.8) is 0 Å². The molecule has 1 fully saturated rings. The van der Waals surface area contributed by atoms with Gasteiger partial charge in [-0.05, 0) is 55.4 Å². The molecular weight excluding hydrogens is 441 g/mol. The van der Waals surface area contributed by atoms with E-state index in [1.54, 1.807) is 6.07 Å². The molecule has 152 valence electrons. The average Bonchev–Trinajstić information content (AvgIpc) is 2.68. The van der Waals surface area contributed by atoms with Crippen LogP contribution in [-0.2, 0) is 10.0 Å². The summed E-state index contributed by atoms with van der Waals surface area (Å²) >= 11 is 17.8. The molecule has 1 aliphatic heterocycles. The van der Waals surface area contributed by atoms with E-state index in [0.29, 0.717) is 11.6 Å². The Balaban J connectivity index is 1.42. The van der Waals surface area contributed by atoms with Crippen molar-refractivity contribution in [1.29, 1.82) is 0 Å². The van der Waals surface area contributed by atoms with E-state index in [2.05, 4.69) is 14.5 Å². The highest BCUT2D eigenvalue weighted by atomic mass is 35.5. The Hall–Kier alpha value is -1.02. The second kappa shape index (κ2) is 9.65. The molecule has 2 aromatic carbocycles. The third-order valence-corrected chi connectivity index (χ3v) is 7.12. The zero-order valence-corrected chi connectivity index (χ0v) is 18.3. The van der Waals surface area contributed by atoms with Crippen LogP contribution < -0.4 is 9.62 Å². The van der Waals surface area contributed by atoms with E-state index in [9.17, 15) is 8.42 Å². The molecule has 1 heterocycles. The minimum atomic E-state index is -3.67. The van der Waals surface area contributed by atoms with Gasteiger partial charge in [0.1, 0.15) is 4.90 Å². The molecule has 0 amide bonds. The van der Waals surface area contributed by atoms with Gasteiger partial charge in [-0.15, -0.1) is 0 Å². The topological polar surface area (TPSA) is 52.7 Å². The van der Waals surface area contributed by atoms with Crippen molar-refractivity contribution in [2.45, 2.75) is 11.3 Å². The standard InChI is InChI=1S/C19H22Cl3N3O2S/c20-15-2-5-17(6-3-15)25-12-10-24(11-13-25)9-1-8-23-28(26,27)19-14-16(21)4-7-18(19)22/h2-7,14,23H,1,8-13H2. The third-order valence-electron chi connectivity index (χ3n) is 4.69. The molecule has 28 heavy (non-hydrogen) atoms. The molecule has 5 nitrogen and oxygen atoms in total. The molecule has 0 radical (unpaired) electrons. The van der Waals surface area contributed by atoms with Crippen molar-refractivity contribution in [3.8, 4) is 0 Å². The lowest BCUT2D eigenvalue weighted by Gasteiger charge is -2.36. The number of benzene rings is 2. The number of nitrogens with one attached hydrogen (secondary N) is 1. The summed E-state index contributed by atoms with van der Waals surface area (Å²) in [7, 11) is -3.67. The van der Waals surface area contributed by atoms with Crippen LogP contribution in [0, 0.1) is 0 Å². The van der Waals surface area contributed by atoms with Gasteiger partial charge < -0.3 is 4.90 Å². The summed E-state index contributed by atoms with van der Waals surface area (Å²) in [6.45, 7) is 4.94. The van der Waals surface area contributed by atoms with Crippen LogP contribution in [0.25, 0.3) is 0 Å². The van der Waals surface area contributed by atoms with Gasteiger partial charge >= 0.3 is 0 Å². The Morgan fingerprint density at radius 3 is 2.21 bits per heavy atom. The number of hydrogen-bond donors (Lipinski definition) is 1. The first kappa shape index (κ1) is 21.7. The lowest BCUT2D eigenvalue weighted by atomic mass is 10.2. The third kappa shape index (κ3) is 5.75. The highest BCUT2D eigenvalue weighted by Gasteiger charge is 2.19. The number of sulfonamides is 1. The van der Waals surface area contributed by atoms with Crippen LogP contribution in [0.5, 0.6) is 0 Å². The van der Waals surface area contributed by atoms with E-state index >= 15 is 0 Å². The molecule has 1 N–H and O–H groups in total. The molecule has 0 saturated carbocycles. The van der Waals surface area contributed by atoms with Gasteiger partial charge in [-0.3, -0.25) is 4.90 Å². The zero-order chi connectivity index (χ0) is 20.1. The van der Waals surface area contributed by atoms with Crippen LogP contribution in [0.1, 0.15) is 6.42 Å². The first-order chi connectivity index (χ1) is 13.3. The normalized spacial score (nSPS) is 15.8. The van der Waals surface area contributed by atoms with E-state index in [0.717, 1.165) is 44.2 Å². The summed E-state index contributed by atoms with van der Waals surface area (Å²) in [6, 6.07) is 12.3. The zero-order valence-electron chi connectivity index (χ0n) is 15.2. The van der Waals surface area contributed by atoms with Gasteiger partial charge in [0.05, 0.1) is 5.02 Å². The summed E-state index contributed by atoms with van der Waals surface area (Å²) in [6.07, 6.45) is 0.721. The fraction of sp³-hybridized carbons (Fsp3) is 0.368. The van der Waals surface area contributed by atoms with Crippen molar-refractivity contribution < 1.29 is 8.42 Å². The SMILES string of the molecule is O=S(=O)(NCCCN1CCN(c2ccc(Cl)cc2)CC1)c1cc(Cl)ccc1Cl. The largest absolute Gasteiger partial charge is 0.369 e. The maximum atomic E-state index is 12.4. The highest BCUT2D eigenvalue weighted by Crippen LogP contribution is 2.24. The summed E-state index contributed by atoms with van der Waals surface area (Å²) in [5, 5.41) is 1.24. The molecule has 0 aromatic heterocycles. The lowest BCUT2D eigenvalue weighted by molar-refractivity contribution is 0.255. The number of piperazine rings is 1. The van der Waals surface area contributed by atoms with Crippen molar-refractivity contribution in [3.05, 3.63) is 57.5 Å². The van der Waals surface area contributed by atoms with E-state index in [1.165, 1.54) is 17.8 Å². The highest BCUT2D eigenvalue weighted by molar-refractivity contribution is 7.89. The van der Waals surface area contributed by atoms with Crippen LogP contribution in [0.2, 0.25) is 15.1 Å². The Labute approximate surface area is 181 Å². The van der Waals surface area contributed by atoms with Gasteiger partial charge in [-0.2, -0.15) is 0 Å². The Morgan fingerprint density at radius 1 is 0.893 bits per heavy atom. The smallest absolute Gasteiger partial charge is 0.242 e. The van der Waals surface area contributed by atoms with Crippen LogP contribution >= 0.6 is 34.8 Å². The molecule has 3 rings (SSSR count). The molecule has 0 aliphatic carbocycles. The van der Waals surface area contributed by atoms with E-state index < -0.39 is 10.0 Å². The van der Waals surface area contributed by atoms with E-state index in [-0.39, 0.29) is 9.92 Å². The maximum absolute atomic E-state index is 12.4. The number of nitrogens with zero attached hydrogens (tertiary/aromatic N) is 2. The van der Waals surface area contributed by atoms with Gasteiger partial charge in [0.2, 0.25) is 10.0 Å². The number of hydrogen-bond acceptors (Lipinski definition) is 4. The Morgan fingerprint density at radius 2 is 1.54 bits per heavy atom. The predicted octanol–water partition coefficient (Wildman–Crippen LogP) is 4.14. The second-order valence-corrected chi connectivity index (χ2v) is 9.65. The Kier molecular flexibility index (Phi) is 7.48.